The molecular formula is C27H26Cl2F2N2O2. The van der Waals surface area contributed by atoms with Crippen LogP contribution in [0, 0.1) is 11.6 Å². The Bertz CT molecular complexity index is 1070. The highest BCUT2D eigenvalue weighted by Crippen LogP contribution is 2.28. The summed E-state index contributed by atoms with van der Waals surface area (Å²) in [6.45, 7) is 3.79. The minimum atomic E-state index is -0.748. The van der Waals surface area contributed by atoms with Gasteiger partial charge < -0.3 is 9.64 Å². The summed E-state index contributed by atoms with van der Waals surface area (Å²) in [6.07, 6.45) is 0.589. The van der Waals surface area contributed by atoms with E-state index in [-0.39, 0.29) is 17.6 Å². The van der Waals surface area contributed by atoms with Crippen LogP contribution in [0.3, 0.4) is 0 Å². The van der Waals surface area contributed by atoms with Gasteiger partial charge in [-0.25, -0.2) is 8.78 Å². The number of ether oxygens (including phenoxy) is 1. The Hall–Kier alpha value is -2.51. The number of benzene rings is 3. The summed E-state index contributed by atoms with van der Waals surface area (Å²) in [5, 5.41) is 1.34. The smallest absolute Gasteiger partial charge is 0.254 e. The molecule has 0 atom stereocenters. The fraction of sp³-hybridized carbons (Fsp3) is 0.296. The number of hydrogen-bond donors (Lipinski definition) is 0. The third kappa shape index (κ3) is 7.01. The normalized spacial score (nSPS) is 14.5. The molecule has 1 fully saturated rings. The van der Waals surface area contributed by atoms with Crippen LogP contribution >= 0.6 is 23.2 Å². The fourth-order valence-corrected chi connectivity index (χ4v) is 4.44. The van der Waals surface area contributed by atoms with Crippen molar-refractivity contribution < 1.29 is 18.3 Å². The second-order valence-corrected chi connectivity index (χ2v) is 9.37. The predicted octanol–water partition coefficient (Wildman–Crippen LogP) is 6.23. The summed E-state index contributed by atoms with van der Waals surface area (Å²) in [4.78, 5) is 16.5. The van der Waals surface area contributed by atoms with Crippen LogP contribution in [0.5, 0.6) is 0 Å². The number of halogens is 4. The van der Waals surface area contributed by atoms with E-state index in [2.05, 4.69) is 4.90 Å². The van der Waals surface area contributed by atoms with Gasteiger partial charge in [0.25, 0.3) is 5.91 Å². The first-order valence-corrected chi connectivity index (χ1v) is 12.2. The van der Waals surface area contributed by atoms with E-state index in [1.54, 1.807) is 4.90 Å². The van der Waals surface area contributed by atoms with Crippen LogP contribution in [-0.2, 0) is 4.74 Å². The second-order valence-electron chi connectivity index (χ2n) is 8.50. The third-order valence-corrected chi connectivity index (χ3v) is 6.52. The van der Waals surface area contributed by atoms with Crippen molar-refractivity contribution >= 4 is 29.1 Å². The predicted molar refractivity (Wildman–Crippen MR) is 134 cm³/mol. The van der Waals surface area contributed by atoms with E-state index in [1.165, 1.54) is 0 Å². The molecule has 3 aromatic rings. The van der Waals surface area contributed by atoms with Gasteiger partial charge in [0, 0.05) is 61.0 Å². The van der Waals surface area contributed by atoms with E-state index in [9.17, 15) is 13.6 Å². The lowest BCUT2D eigenvalue weighted by atomic mass is 10.0. The minimum Gasteiger partial charge on any atom is -0.369 e. The monoisotopic (exact) mass is 518 g/mol. The van der Waals surface area contributed by atoms with Gasteiger partial charge in [-0.1, -0.05) is 47.5 Å². The van der Waals surface area contributed by atoms with E-state index in [4.69, 9.17) is 27.9 Å². The number of carbonyl (C=O) groups excluding carboxylic acids is 1. The Balaban J connectivity index is 1.27. The molecule has 0 N–H and O–H groups in total. The summed E-state index contributed by atoms with van der Waals surface area (Å²) in [7, 11) is 0. The molecule has 1 aliphatic rings. The summed E-state index contributed by atoms with van der Waals surface area (Å²) < 4.78 is 33.2. The van der Waals surface area contributed by atoms with Crippen molar-refractivity contribution in [1.29, 1.82) is 0 Å². The van der Waals surface area contributed by atoms with Crippen molar-refractivity contribution in [3.63, 3.8) is 0 Å². The van der Waals surface area contributed by atoms with Crippen molar-refractivity contribution in [3.05, 3.63) is 105 Å². The molecule has 1 amide bonds. The molecule has 0 bridgehead atoms. The van der Waals surface area contributed by atoms with E-state index in [0.29, 0.717) is 42.8 Å². The molecular weight excluding hydrogens is 493 g/mol. The second kappa shape index (κ2) is 12.0. The quantitative estimate of drug-likeness (QED) is 0.331. The summed E-state index contributed by atoms with van der Waals surface area (Å²) in [5.74, 6) is -1.84. The van der Waals surface area contributed by atoms with Crippen LogP contribution in [0.1, 0.15) is 34.0 Å². The van der Waals surface area contributed by atoms with E-state index in [0.717, 1.165) is 42.3 Å². The molecule has 0 aromatic heterocycles. The molecule has 0 spiro atoms. The Morgan fingerprint density at radius 3 is 1.86 bits per heavy atom. The van der Waals surface area contributed by atoms with Crippen molar-refractivity contribution in [2.75, 3.05) is 39.3 Å². The molecule has 4 nitrogen and oxygen atoms in total. The van der Waals surface area contributed by atoms with Crippen LogP contribution in [0.4, 0.5) is 8.78 Å². The van der Waals surface area contributed by atoms with Gasteiger partial charge in [-0.15, -0.1) is 0 Å². The van der Waals surface area contributed by atoms with Crippen LogP contribution in [0.25, 0.3) is 0 Å². The van der Waals surface area contributed by atoms with Gasteiger partial charge in [-0.05, 0) is 53.9 Å². The largest absolute Gasteiger partial charge is 0.369 e. The molecule has 0 saturated carbocycles. The van der Waals surface area contributed by atoms with Gasteiger partial charge >= 0.3 is 0 Å². The van der Waals surface area contributed by atoms with Gasteiger partial charge in [0.2, 0.25) is 0 Å². The number of rotatable bonds is 8. The highest BCUT2D eigenvalue weighted by Gasteiger charge is 2.23. The molecule has 0 unspecified atom stereocenters. The molecule has 184 valence electrons. The molecule has 4 rings (SSSR count). The Kier molecular flexibility index (Phi) is 8.74. The van der Waals surface area contributed by atoms with Gasteiger partial charge in [0.1, 0.15) is 17.7 Å². The minimum absolute atomic E-state index is 0.0415. The first kappa shape index (κ1) is 25.6. The number of piperazine rings is 1. The van der Waals surface area contributed by atoms with Crippen molar-refractivity contribution in [3.8, 4) is 0 Å². The Morgan fingerprint density at radius 2 is 1.34 bits per heavy atom. The number of nitrogens with zero attached hydrogens (tertiary/aromatic N) is 2. The van der Waals surface area contributed by atoms with Gasteiger partial charge in [0.15, 0.2) is 0 Å². The molecule has 35 heavy (non-hydrogen) atoms. The molecule has 8 heteroatoms. The Morgan fingerprint density at radius 1 is 0.829 bits per heavy atom. The topological polar surface area (TPSA) is 32.8 Å². The molecule has 1 aliphatic heterocycles. The third-order valence-electron chi connectivity index (χ3n) is 6.02. The SMILES string of the molecule is O=C(c1cc(F)cc(F)c1)N1CCN(CCCOC(c2ccc(Cl)cc2)c2ccc(Cl)cc2)CC1. The van der Waals surface area contributed by atoms with Crippen molar-refractivity contribution in [1.82, 2.24) is 9.80 Å². The summed E-state index contributed by atoms with van der Waals surface area (Å²) in [6, 6.07) is 18.2. The molecule has 1 saturated heterocycles. The van der Waals surface area contributed by atoms with Crippen LogP contribution < -0.4 is 0 Å². The van der Waals surface area contributed by atoms with Crippen molar-refractivity contribution in [2.45, 2.75) is 12.5 Å². The lowest BCUT2D eigenvalue weighted by Gasteiger charge is -2.34. The molecule has 1 heterocycles. The lowest BCUT2D eigenvalue weighted by Crippen LogP contribution is -2.49. The van der Waals surface area contributed by atoms with Crippen molar-refractivity contribution in [2.24, 2.45) is 0 Å². The van der Waals surface area contributed by atoms with Crippen LogP contribution in [-0.4, -0.2) is 55.0 Å². The maximum atomic E-state index is 13.5. The first-order chi connectivity index (χ1) is 16.9. The molecule has 0 aliphatic carbocycles. The molecule has 0 radical (unpaired) electrons. The van der Waals surface area contributed by atoms with Crippen LogP contribution in [0.15, 0.2) is 66.7 Å². The zero-order chi connectivity index (χ0) is 24.8. The maximum Gasteiger partial charge on any atom is 0.254 e. The number of carbonyl (C=O) groups is 1. The maximum absolute atomic E-state index is 13.5. The van der Waals surface area contributed by atoms with E-state index in [1.807, 2.05) is 48.5 Å². The average Bonchev–Trinajstić information content (AvgIpc) is 2.85. The number of amides is 1. The standard InChI is InChI=1S/C27H26Cl2F2N2O2/c28-22-6-2-19(3-7-22)26(20-4-8-23(29)9-5-20)35-15-1-10-32-11-13-33(14-12-32)27(34)21-16-24(30)18-25(31)17-21/h2-9,16-18,26H,1,10-15H2. The summed E-state index contributed by atoms with van der Waals surface area (Å²) >= 11 is 12.1. The zero-order valence-corrected chi connectivity index (χ0v) is 20.6. The lowest BCUT2D eigenvalue weighted by molar-refractivity contribution is 0.0549. The van der Waals surface area contributed by atoms with Gasteiger partial charge in [0.05, 0.1) is 0 Å². The summed E-state index contributed by atoms with van der Waals surface area (Å²) in [5.41, 5.74) is 2.06. The molecule has 3 aromatic carbocycles. The Labute approximate surface area is 214 Å². The van der Waals surface area contributed by atoms with Crippen LogP contribution in [0.2, 0.25) is 10.0 Å². The van der Waals surface area contributed by atoms with Gasteiger partial charge in [-0.3, -0.25) is 9.69 Å². The highest BCUT2D eigenvalue weighted by atomic mass is 35.5. The zero-order valence-electron chi connectivity index (χ0n) is 19.1. The highest BCUT2D eigenvalue weighted by molar-refractivity contribution is 6.30. The first-order valence-electron chi connectivity index (χ1n) is 11.5. The average molecular weight is 519 g/mol. The van der Waals surface area contributed by atoms with Gasteiger partial charge in [-0.2, -0.15) is 0 Å². The van der Waals surface area contributed by atoms with E-state index >= 15 is 0 Å². The van der Waals surface area contributed by atoms with E-state index < -0.39 is 11.6 Å². The fourth-order valence-electron chi connectivity index (χ4n) is 4.18. The number of hydrogen-bond acceptors (Lipinski definition) is 3.